The van der Waals surface area contributed by atoms with Crippen LogP contribution in [-0.2, 0) is 4.79 Å². The summed E-state index contributed by atoms with van der Waals surface area (Å²) in [4.78, 5) is 14.3. The summed E-state index contributed by atoms with van der Waals surface area (Å²) in [5.74, 6) is 1.83. The number of hydrogen-bond donors (Lipinski definition) is 1. The SMILES string of the molecule is COc1ccc(OCCCC(=O)N2CCNC(C)C2C)cc1.Cl. The molecule has 0 saturated carbocycles. The van der Waals surface area contributed by atoms with Gasteiger partial charge in [0.25, 0.3) is 0 Å². The van der Waals surface area contributed by atoms with Crippen LogP contribution in [0, 0.1) is 0 Å². The van der Waals surface area contributed by atoms with Crippen molar-refractivity contribution >= 4 is 18.3 Å². The first-order valence-corrected chi connectivity index (χ1v) is 7.91. The molecule has 0 aliphatic carbocycles. The first-order chi connectivity index (χ1) is 10.6. The van der Waals surface area contributed by atoms with Gasteiger partial charge in [0.2, 0.25) is 5.91 Å². The molecule has 23 heavy (non-hydrogen) atoms. The number of ether oxygens (including phenoxy) is 2. The number of carbonyl (C=O) groups excluding carboxylic acids is 1. The zero-order valence-corrected chi connectivity index (χ0v) is 14.9. The van der Waals surface area contributed by atoms with E-state index in [1.165, 1.54) is 0 Å². The van der Waals surface area contributed by atoms with Crippen molar-refractivity contribution in [2.24, 2.45) is 0 Å². The van der Waals surface area contributed by atoms with Crippen LogP contribution in [0.15, 0.2) is 24.3 Å². The third-order valence-corrected chi connectivity index (χ3v) is 4.22. The fraction of sp³-hybridized carbons (Fsp3) is 0.588. The number of carbonyl (C=O) groups is 1. The van der Waals surface area contributed by atoms with Crippen LogP contribution in [0.2, 0.25) is 0 Å². The van der Waals surface area contributed by atoms with Crippen molar-refractivity contribution in [3.05, 3.63) is 24.3 Å². The summed E-state index contributed by atoms with van der Waals surface area (Å²) >= 11 is 0. The van der Waals surface area contributed by atoms with Gasteiger partial charge < -0.3 is 19.7 Å². The van der Waals surface area contributed by atoms with Crippen molar-refractivity contribution in [1.29, 1.82) is 0 Å². The lowest BCUT2D eigenvalue weighted by molar-refractivity contribution is -0.135. The molecule has 1 aliphatic heterocycles. The van der Waals surface area contributed by atoms with Crippen molar-refractivity contribution in [3.63, 3.8) is 0 Å². The van der Waals surface area contributed by atoms with Gasteiger partial charge in [-0.05, 0) is 44.5 Å². The van der Waals surface area contributed by atoms with Crippen LogP contribution in [0.25, 0.3) is 0 Å². The Hall–Kier alpha value is -1.46. The van der Waals surface area contributed by atoms with Crippen LogP contribution in [0.5, 0.6) is 11.5 Å². The number of rotatable bonds is 6. The van der Waals surface area contributed by atoms with Crippen molar-refractivity contribution in [3.8, 4) is 11.5 Å². The van der Waals surface area contributed by atoms with E-state index in [-0.39, 0.29) is 24.4 Å². The quantitative estimate of drug-likeness (QED) is 0.807. The average molecular weight is 343 g/mol. The van der Waals surface area contributed by atoms with E-state index in [0.717, 1.165) is 31.0 Å². The van der Waals surface area contributed by atoms with Gasteiger partial charge >= 0.3 is 0 Å². The Kier molecular flexibility index (Phi) is 8.20. The monoisotopic (exact) mass is 342 g/mol. The molecule has 1 heterocycles. The van der Waals surface area contributed by atoms with E-state index < -0.39 is 0 Å². The maximum atomic E-state index is 12.3. The molecule has 2 rings (SSSR count). The Morgan fingerprint density at radius 2 is 1.91 bits per heavy atom. The summed E-state index contributed by atoms with van der Waals surface area (Å²) in [5.41, 5.74) is 0. The summed E-state index contributed by atoms with van der Waals surface area (Å²) in [6.45, 7) is 6.44. The maximum Gasteiger partial charge on any atom is 0.223 e. The minimum Gasteiger partial charge on any atom is -0.497 e. The summed E-state index contributed by atoms with van der Waals surface area (Å²) in [6, 6.07) is 8.09. The zero-order valence-electron chi connectivity index (χ0n) is 14.1. The summed E-state index contributed by atoms with van der Waals surface area (Å²) in [5, 5.41) is 3.39. The van der Waals surface area contributed by atoms with E-state index in [1.807, 2.05) is 29.2 Å². The Balaban J connectivity index is 0.00000264. The minimum absolute atomic E-state index is 0. The lowest BCUT2D eigenvalue weighted by Gasteiger charge is -2.38. The summed E-state index contributed by atoms with van der Waals surface area (Å²) in [7, 11) is 1.64. The lowest BCUT2D eigenvalue weighted by Crippen LogP contribution is -2.57. The van der Waals surface area contributed by atoms with Crippen LogP contribution in [0.1, 0.15) is 26.7 Å². The largest absolute Gasteiger partial charge is 0.497 e. The molecule has 1 aromatic carbocycles. The van der Waals surface area contributed by atoms with E-state index in [9.17, 15) is 4.79 Å². The second-order valence-corrected chi connectivity index (χ2v) is 5.70. The van der Waals surface area contributed by atoms with Crippen LogP contribution in [-0.4, -0.2) is 49.7 Å². The topological polar surface area (TPSA) is 50.8 Å². The maximum absolute atomic E-state index is 12.3. The molecule has 1 amide bonds. The molecule has 1 N–H and O–H groups in total. The number of methoxy groups -OCH3 is 1. The number of nitrogens with one attached hydrogen (secondary N) is 1. The van der Waals surface area contributed by atoms with Gasteiger partial charge in [0.05, 0.1) is 13.7 Å². The first kappa shape index (κ1) is 19.6. The molecule has 0 bridgehead atoms. The lowest BCUT2D eigenvalue weighted by atomic mass is 10.1. The highest BCUT2D eigenvalue weighted by molar-refractivity contribution is 5.85. The Morgan fingerprint density at radius 1 is 1.26 bits per heavy atom. The predicted octanol–water partition coefficient (Wildman–Crippen LogP) is 2.48. The van der Waals surface area contributed by atoms with Crippen molar-refractivity contribution in [2.75, 3.05) is 26.8 Å². The molecule has 0 radical (unpaired) electrons. The fourth-order valence-electron chi connectivity index (χ4n) is 2.64. The fourth-order valence-corrected chi connectivity index (χ4v) is 2.64. The van der Waals surface area contributed by atoms with E-state index in [1.54, 1.807) is 7.11 Å². The number of nitrogens with zero attached hydrogens (tertiary/aromatic N) is 1. The van der Waals surface area contributed by atoms with Gasteiger partial charge in [-0.3, -0.25) is 4.79 Å². The second-order valence-electron chi connectivity index (χ2n) is 5.70. The highest BCUT2D eigenvalue weighted by atomic mass is 35.5. The number of benzene rings is 1. The standard InChI is InChI=1S/C17H26N2O3.ClH/c1-13-14(2)19(11-10-18-13)17(20)5-4-12-22-16-8-6-15(21-3)7-9-16;/h6-9,13-14,18H,4-5,10-12H2,1-3H3;1H. The molecular weight excluding hydrogens is 316 g/mol. The van der Waals surface area contributed by atoms with Crippen molar-refractivity contribution in [2.45, 2.75) is 38.8 Å². The molecule has 1 fully saturated rings. The van der Waals surface area contributed by atoms with E-state index >= 15 is 0 Å². The highest BCUT2D eigenvalue weighted by Gasteiger charge is 2.27. The molecule has 130 valence electrons. The summed E-state index contributed by atoms with van der Waals surface area (Å²) in [6.07, 6.45) is 1.27. The highest BCUT2D eigenvalue weighted by Crippen LogP contribution is 2.17. The Morgan fingerprint density at radius 3 is 2.57 bits per heavy atom. The molecule has 0 aromatic heterocycles. The van der Waals surface area contributed by atoms with E-state index in [4.69, 9.17) is 9.47 Å². The van der Waals surface area contributed by atoms with E-state index in [2.05, 4.69) is 19.2 Å². The Bertz CT molecular complexity index is 481. The third kappa shape index (κ3) is 5.59. The van der Waals surface area contributed by atoms with Gasteiger partial charge in [-0.2, -0.15) is 0 Å². The molecule has 0 spiro atoms. The molecule has 6 heteroatoms. The summed E-state index contributed by atoms with van der Waals surface area (Å²) < 4.78 is 10.8. The van der Waals surface area contributed by atoms with Crippen LogP contribution in [0.4, 0.5) is 0 Å². The van der Waals surface area contributed by atoms with Gasteiger partial charge in [0.1, 0.15) is 11.5 Å². The van der Waals surface area contributed by atoms with Gasteiger partial charge in [-0.25, -0.2) is 0 Å². The third-order valence-electron chi connectivity index (χ3n) is 4.22. The van der Waals surface area contributed by atoms with Crippen LogP contribution in [0.3, 0.4) is 0 Å². The predicted molar refractivity (Wildman–Crippen MR) is 93.6 cm³/mol. The molecular formula is C17H27ClN2O3. The van der Waals surface area contributed by atoms with Gasteiger partial charge in [0.15, 0.2) is 0 Å². The molecule has 5 nitrogen and oxygen atoms in total. The van der Waals surface area contributed by atoms with E-state index in [0.29, 0.717) is 19.1 Å². The minimum atomic E-state index is 0. The zero-order chi connectivity index (χ0) is 15.9. The van der Waals surface area contributed by atoms with Crippen LogP contribution < -0.4 is 14.8 Å². The molecule has 1 aliphatic rings. The number of piperazine rings is 1. The normalized spacial score (nSPS) is 20.6. The molecule has 1 saturated heterocycles. The van der Waals surface area contributed by atoms with Crippen molar-refractivity contribution < 1.29 is 14.3 Å². The second kappa shape index (κ2) is 9.63. The molecule has 2 unspecified atom stereocenters. The first-order valence-electron chi connectivity index (χ1n) is 7.91. The molecule has 2 atom stereocenters. The number of hydrogen-bond acceptors (Lipinski definition) is 4. The average Bonchev–Trinajstić information content (AvgIpc) is 2.54. The van der Waals surface area contributed by atoms with Crippen molar-refractivity contribution in [1.82, 2.24) is 10.2 Å². The van der Waals surface area contributed by atoms with Gasteiger partial charge in [-0.15, -0.1) is 12.4 Å². The van der Waals surface area contributed by atoms with Gasteiger partial charge in [-0.1, -0.05) is 0 Å². The van der Waals surface area contributed by atoms with Crippen LogP contribution >= 0.6 is 12.4 Å². The Labute approximate surface area is 144 Å². The molecule has 1 aromatic rings. The van der Waals surface area contributed by atoms with Gasteiger partial charge in [0, 0.05) is 31.6 Å². The number of halogens is 1. The number of amides is 1. The smallest absolute Gasteiger partial charge is 0.223 e.